The summed E-state index contributed by atoms with van der Waals surface area (Å²) in [5.41, 5.74) is -0.634. The summed E-state index contributed by atoms with van der Waals surface area (Å²) < 4.78 is 28.8. The van der Waals surface area contributed by atoms with E-state index in [9.17, 15) is 28.6 Å². The number of hydrogen-bond acceptors (Lipinski definition) is 3. The summed E-state index contributed by atoms with van der Waals surface area (Å²) in [5.74, 6) is -3.93. The topological polar surface area (TPSA) is 79.5 Å². The number of aliphatic carboxylic acids is 1. The van der Waals surface area contributed by atoms with Crippen LogP contribution in [0.3, 0.4) is 0 Å². The number of carboxylic acids is 1. The molecule has 0 bridgehead atoms. The summed E-state index contributed by atoms with van der Waals surface area (Å²) in [6, 6.07) is 7.16. The number of rotatable bonds is 4. The number of aromatic hydroxyl groups is 1. The molecule has 5 nitrogen and oxygen atoms in total. The van der Waals surface area contributed by atoms with Gasteiger partial charge in [-0.15, -0.1) is 0 Å². The second-order valence-corrected chi connectivity index (χ2v) is 6.92. The predicted molar refractivity (Wildman–Crippen MR) is 99.7 cm³/mol. The van der Waals surface area contributed by atoms with Crippen LogP contribution in [0.2, 0.25) is 0 Å². The number of phenolic OH excluding ortho intramolecular Hbond substituents is 1. The van der Waals surface area contributed by atoms with Gasteiger partial charge in [0.15, 0.2) is 11.6 Å². The SMILES string of the molecule is CC[C@@](C)(C(=O)O)c1c(C)n(C(=O)c2cccc(F)c2)c2cc(F)c(O)cc12. The summed E-state index contributed by atoms with van der Waals surface area (Å²) in [6.07, 6.45) is 0.203. The van der Waals surface area contributed by atoms with Crippen LogP contribution in [-0.2, 0) is 10.2 Å². The van der Waals surface area contributed by atoms with Crippen molar-refractivity contribution in [2.75, 3.05) is 0 Å². The van der Waals surface area contributed by atoms with Crippen molar-refractivity contribution in [3.8, 4) is 5.75 Å². The number of carbonyl (C=O) groups excluding carboxylic acids is 1. The standard InChI is InChI=1S/C21H19F2NO4/c1-4-21(3,20(27)28)18-11(2)24(16-10-15(23)17(25)9-14(16)18)19(26)12-6-5-7-13(22)8-12/h5-10,25H,4H2,1-3H3,(H,27,28)/t21-/m1/s1. The molecule has 0 fully saturated rings. The molecule has 0 spiro atoms. The third-order valence-corrected chi connectivity index (χ3v) is 5.28. The Bertz CT molecular complexity index is 1120. The molecule has 0 aliphatic heterocycles. The lowest BCUT2D eigenvalue weighted by molar-refractivity contribution is -0.143. The Hall–Kier alpha value is -3.22. The van der Waals surface area contributed by atoms with E-state index >= 15 is 0 Å². The largest absolute Gasteiger partial charge is 0.505 e. The van der Waals surface area contributed by atoms with Gasteiger partial charge in [-0.05, 0) is 50.1 Å². The van der Waals surface area contributed by atoms with E-state index in [0.717, 1.165) is 18.2 Å². The molecule has 1 aromatic heterocycles. The summed E-state index contributed by atoms with van der Waals surface area (Å²) in [4.78, 5) is 25.1. The molecule has 0 unspecified atom stereocenters. The van der Waals surface area contributed by atoms with Crippen LogP contribution in [-0.4, -0.2) is 26.7 Å². The minimum Gasteiger partial charge on any atom is -0.505 e. The number of nitrogens with zero attached hydrogens (tertiary/aromatic N) is 1. The highest BCUT2D eigenvalue weighted by atomic mass is 19.1. The molecule has 0 radical (unpaired) electrons. The maximum Gasteiger partial charge on any atom is 0.313 e. The highest BCUT2D eigenvalue weighted by Crippen LogP contribution is 2.40. The van der Waals surface area contributed by atoms with Crippen LogP contribution in [0.15, 0.2) is 36.4 Å². The average molecular weight is 387 g/mol. The van der Waals surface area contributed by atoms with Gasteiger partial charge in [0.25, 0.3) is 5.91 Å². The summed E-state index contributed by atoms with van der Waals surface area (Å²) in [7, 11) is 0. The third kappa shape index (κ3) is 2.83. The van der Waals surface area contributed by atoms with Crippen LogP contribution in [0, 0.1) is 18.6 Å². The zero-order valence-electron chi connectivity index (χ0n) is 15.6. The lowest BCUT2D eigenvalue weighted by atomic mass is 9.78. The fourth-order valence-corrected chi connectivity index (χ4v) is 3.57. The van der Waals surface area contributed by atoms with Gasteiger partial charge in [-0.25, -0.2) is 8.78 Å². The molecule has 3 aromatic rings. The fourth-order valence-electron chi connectivity index (χ4n) is 3.57. The Morgan fingerprint density at radius 3 is 2.43 bits per heavy atom. The molecule has 3 rings (SSSR count). The molecule has 0 aliphatic carbocycles. The van der Waals surface area contributed by atoms with Gasteiger partial charge in [0, 0.05) is 22.7 Å². The molecule has 1 heterocycles. The van der Waals surface area contributed by atoms with E-state index in [1.165, 1.54) is 29.7 Å². The molecule has 28 heavy (non-hydrogen) atoms. The minimum atomic E-state index is -1.37. The fraction of sp³-hybridized carbons (Fsp3) is 0.238. The van der Waals surface area contributed by atoms with E-state index in [1.54, 1.807) is 13.8 Å². The molecular weight excluding hydrogens is 368 g/mol. The number of carbonyl (C=O) groups is 2. The van der Waals surface area contributed by atoms with Crippen LogP contribution in [0.1, 0.15) is 41.9 Å². The molecule has 2 aromatic carbocycles. The molecular formula is C21H19F2NO4. The number of halogens is 2. The lowest BCUT2D eigenvalue weighted by Gasteiger charge is -2.24. The Labute approximate surface area is 159 Å². The first-order valence-electron chi connectivity index (χ1n) is 8.69. The monoisotopic (exact) mass is 387 g/mol. The zero-order chi connectivity index (χ0) is 20.8. The van der Waals surface area contributed by atoms with Gasteiger partial charge in [-0.1, -0.05) is 13.0 Å². The average Bonchev–Trinajstić information content (AvgIpc) is 2.92. The Balaban J connectivity index is 2.41. The van der Waals surface area contributed by atoms with Crippen molar-refractivity contribution in [2.24, 2.45) is 0 Å². The smallest absolute Gasteiger partial charge is 0.313 e. The summed E-state index contributed by atoms with van der Waals surface area (Å²) >= 11 is 0. The summed E-state index contributed by atoms with van der Waals surface area (Å²) in [5, 5.41) is 19.9. The maximum atomic E-state index is 14.1. The van der Waals surface area contributed by atoms with Gasteiger partial charge in [0.1, 0.15) is 5.82 Å². The van der Waals surface area contributed by atoms with Gasteiger partial charge in [-0.2, -0.15) is 0 Å². The van der Waals surface area contributed by atoms with Crippen molar-refractivity contribution >= 4 is 22.8 Å². The molecule has 0 saturated carbocycles. The lowest BCUT2D eigenvalue weighted by Crippen LogP contribution is -2.32. The van der Waals surface area contributed by atoms with E-state index in [0.29, 0.717) is 11.3 Å². The molecule has 0 aliphatic rings. The predicted octanol–water partition coefficient (Wildman–Crippen LogP) is 4.37. The number of benzene rings is 2. The van der Waals surface area contributed by atoms with E-state index in [2.05, 4.69) is 0 Å². The molecule has 1 atom stereocenters. The zero-order valence-corrected chi connectivity index (χ0v) is 15.6. The number of hydrogen-bond donors (Lipinski definition) is 2. The first-order valence-corrected chi connectivity index (χ1v) is 8.69. The van der Waals surface area contributed by atoms with Crippen molar-refractivity contribution < 1.29 is 28.6 Å². The highest BCUT2D eigenvalue weighted by molar-refractivity contribution is 6.05. The molecule has 7 heteroatoms. The van der Waals surface area contributed by atoms with E-state index < -0.39 is 34.7 Å². The number of fused-ring (bicyclic) bond motifs is 1. The second-order valence-electron chi connectivity index (χ2n) is 6.92. The first kappa shape index (κ1) is 19.5. The Kier molecular flexibility index (Phi) is 4.71. The van der Waals surface area contributed by atoms with Crippen LogP contribution in [0.4, 0.5) is 8.78 Å². The maximum absolute atomic E-state index is 14.1. The second kappa shape index (κ2) is 6.74. The van der Waals surface area contributed by atoms with Crippen LogP contribution in [0.5, 0.6) is 5.75 Å². The van der Waals surface area contributed by atoms with Gasteiger partial charge in [0.2, 0.25) is 0 Å². The number of phenols is 1. The number of aromatic nitrogens is 1. The minimum absolute atomic E-state index is 0.0357. The van der Waals surface area contributed by atoms with Crippen LogP contribution < -0.4 is 0 Å². The van der Waals surface area contributed by atoms with E-state index in [1.807, 2.05) is 0 Å². The quantitative estimate of drug-likeness (QED) is 0.697. The Morgan fingerprint density at radius 2 is 1.86 bits per heavy atom. The molecule has 0 saturated heterocycles. The van der Waals surface area contributed by atoms with Crippen LogP contribution in [0.25, 0.3) is 10.9 Å². The summed E-state index contributed by atoms with van der Waals surface area (Å²) in [6.45, 7) is 4.75. The van der Waals surface area contributed by atoms with Gasteiger partial charge in [0.05, 0.1) is 10.9 Å². The van der Waals surface area contributed by atoms with Crippen LogP contribution >= 0.6 is 0 Å². The molecule has 146 valence electrons. The van der Waals surface area contributed by atoms with Gasteiger partial charge < -0.3 is 10.2 Å². The molecule has 2 N–H and O–H groups in total. The van der Waals surface area contributed by atoms with Crippen molar-refractivity contribution in [1.29, 1.82) is 0 Å². The van der Waals surface area contributed by atoms with E-state index in [4.69, 9.17) is 0 Å². The number of carboxylic acid groups (broad SMARTS) is 1. The Morgan fingerprint density at radius 1 is 1.18 bits per heavy atom. The van der Waals surface area contributed by atoms with Crippen molar-refractivity contribution in [2.45, 2.75) is 32.6 Å². The van der Waals surface area contributed by atoms with Crippen molar-refractivity contribution in [3.05, 3.63) is 64.9 Å². The first-order chi connectivity index (χ1) is 13.1. The molecule has 0 amide bonds. The third-order valence-electron chi connectivity index (χ3n) is 5.28. The van der Waals surface area contributed by atoms with Gasteiger partial charge in [-0.3, -0.25) is 14.2 Å². The van der Waals surface area contributed by atoms with E-state index in [-0.39, 0.29) is 22.9 Å². The highest BCUT2D eigenvalue weighted by Gasteiger charge is 2.39. The van der Waals surface area contributed by atoms with Crippen molar-refractivity contribution in [3.63, 3.8) is 0 Å². The van der Waals surface area contributed by atoms with Gasteiger partial charge >= 0.3 is 5.97 Å². The normalized spacial score (nSPS) is 13.5. The van der Waals surface area contributed by atoms with Crippen molar-refractivity contribution in [1.82, 2.24) is 4.57 Å².